The number of nitrogens with zero attached hydrogens (tertiary/aromatic N) is 1. The number of benzene rings is 1. The van der Waals surface area contributed by atoms with Crippen molar-refractivity contribution in [1.29, 1.82) is 0 Å². The number of halogens is 2. The number of amides is 1. The lowest BCUT2D eigenvalue weighted by Crippen LogP contribution is -2.37. The van der Waals surface area contributed by atoms with E-state index < -0.39 is 0 Å². The summed E-state index contributed by atoms with van der Waals surface area (Å²) in [6.45, 7) is 0.676. The van der Waals surface area contributed by atoms with Gasteiger partial charge in [0.05, 0.1) is 17.7 Å². The maximum Gasteiger partial charge on any atom is 0.265 e. The molecule has 2 heterocycles. The Morgan fingerprint density at radius 3 is 3.00 bits per heavy atom. The van der Waals surface area contributed by atoms with E-state index in [1.807, 2.05) is 12.1 Å². The summed E-state index contributed by atoms with van der Waals surface area (Å²) >= 11 is 13.7. The molecule has 0 spiro atoms. The molecule has 0 saturated carbocycles. The first-order valence-electron chi connectivity index (χ1n) is 6.41. The minimum atomic E-state index is -0.0936. The predicted octanol–water partition coefficient (Wildman–Crippen LogP) is 3.81. The van der Waals surface area contributed by atoms with E-state index >= 15 is 0 Å². The van der Waals surface area contributed by atoms with Crippen molar-refractivity contribution in [2.24, 2.45) is 0 Å². The first-order valence-corrected chi connectivity index (χ1v) is 7.98. The molecular weight excluding hydrogens is 317 g/mol. The number of hydrogen-bond donors (Lipinski definition) is 1. The quantitative estimate of drug-likeness (QED) is 0.910. The van der Waals surface area contributed by atoms with Crippen LogP contribution in [0.25, 0.3) is 10.1 Å². The molecule has 20 heavy (non-hydrogen) atoms. The topological polar surface area (TPSA) is 40.5 Å². The number of carbonyl (C=O) groups excluding carboxylic acids is 1. The highest BCUT2D eigenvalue weighted by Crippen LogP contribution is 2.38. The third-order valence-corrected chi connectivity index (χ3v) is 5.51. The molecular formula is C14H13Cl2NO2S. The van der Waals surface area contributed by atoms with E-state index in [0.29, 0.717) is 21.5 Å². The van der Waals surface area contributed by atoms with Crippen LogP contribution in [0.5, 0.6) is 0 Å². The summed E-state index contributed by atoms with van der Waals surface area (Å²) < 4.78 is 0.908. The van der Waals surface area contributed by atoms with Crippen LogP contribution in [-0.2, 0) is 0 Å². The average molecular weight is 330 g/mol. The predicted molar refractivity (Wildman–Crippen MR) is 83.0 cm³/mol. The van der Waals surface area contributed by atoms with Gasteiger partial charge in [0.15, 0.2) is 0 Å². The Balaban J connectivity index is 2.01. The fourth-order valence-corrected chi connectivity index (χ4v) is 4.34. The molecule has 1 aromatic carbocycles. The molecule has 0 unspecified atom stereocenters. The molecule has 1 N–H and O–H groups in total. The van der Waals surface area contributed by atoms with Crippen LogP contribution in [0.1, 0.15) is 22.5 Å². The normalized spacial score (nSPS) is 18.9. The van der Waals surface area contributed by atoms with Crippen LogP contribution in [-0.4, -0.2) is 35.1 Å². The average Bonchev–Trinajstić information content (AvgIpc) is 3.02. The third-order valence-electron chi connectivity index (χ3n) is 3.63. The Labute approximate surface area is 130 Å². The molecule has 1 aliphatic heterocycles. The van der Waals surface area contributed by atoms with Gasteiger partial charge in [0, 0.05) is 21.7 Å². The number of thiophene rings is 1. The number of rotatable bonds is 2. The molecule has 1 fully saturated rings. The number of carbonyl (C=O) groups is 1. The molecule has 1 atom stereocenters. The summed E-state index contributed by atoms with van der Waals surface area (Å²) in [5, 5.41) is 11.3. The van der Waals surface area contributed by atoms with Gasteiger partial charge < -0.3 is 10.0 Å². The number of aliphatic hydroxyl groups is 1. The largest absolute Gasteiger partial charge is 0.394 e. The SMILES string of the molecule is O=C(c1sc2cc(Cl)ccc2c1Cl)N1CCC[C@@H]1CO. The van der Waals surface area contributed by atoms with Crippen molar-refractivity contribution in [2.75, 3.05) is 13.2 Å². The van der Waals surface area contributed by atoms with Crippen molar-refractivity contribution < 1.29 is 9.90 Å². The van der Waals surface area contributed by atoms with Crippen molar-refractivity contribution in [3.8, 4) is 0 Å². The number of likely N-dealkylation sites (tertiary alicyclic amines) is 1. The Hall–Kier alpha value is -0.810. The summed E-state index contributed by atoms with van der Waals surface area (Å²) in [5.41, 5.74) is 0. The van der Waals surface area contributed by atoms with Crippen LogP contribution in [0.15, 0.2) is 18.2 Å². The van der Waals surface area contributed by atoms with Gasteiger partial charge in [-0.1, -0.05) is 29.3 Å². The molecule has 106 valence electrons. The zero-order valence-electron chi connectivity index (χ0n) is 10.6. The molecule has 1 aliphatic rings. The van der Waals surface area contributed by atoms with Crippen LogP contribution in [0.3, 0.4) is 0 Å². The zero-order chi connectivity index (χ0) is 14.3. The van der Waals surface area contributed by atoms with E-state index in [1.165, 1.54) is 11.3 Å². The number of fused-ring (bicyclic) bond motifs is 1. The molecule has 0 bridgehead atoms. The fraction of sp³-hybridized carbons (Fsp3) is 0.357. The van der Waals surface area contributed by atoms with Crippen molar-refractivity contribution >= 4 is 50.5 Å². The van der Waals surface area contributed by atoms with E-state index in [4.69, 9.17) is 23.2 Å². The van der Waals surface area contributed by atoms with Gasteiger partial charge in [0.1, 0.15) is 4.88 Å². The minimum Gasteiger partial charge on any atom is -0.394 e. The molecule has 3 rings (SSSR count). The second-order valence-electron chi connectivity index (χ2n) is 4.86. The number of hydrogen-bond acceptors (Lipinski definition) is 3. The maximum absolute atomic E-state index is 12.6. The Morgan fingerprint density at radius 2 is 2.25 bits per heavy atom. The van der Waals surface area contributed by atoms with E-state index in [2.05, 4.69) is 0 Å². The van der Waals surface area contributed by atoms with Gasteiger partial charge in [-0.25, -0.2) is 0 Å². The lowest BCUT2D eigenvalue weighted by Gasteiger charge is -2.22. The fourth-order valence-electron chi connectivity index (χ4n) is 2.60. The standard InChI is InChI=1S/C14H13Cl2NO2S/c15-8-3-4-10-11(6-8)20-13(12(10)16)14(19)17-5-1-2-9(17)7-18/h3-4,6,9,18H,1-2,5,7H2/t9-/m1/s1. The van der Waals surface area contributed by atoms with Crippen molar-refractivity contribution in [3.05, 3.63) is 33.1 Å². The van der Waals surface area contributed by atoms with Crippen LogP contribution in [0.2, 0.25) is 10.0 Å². The number of aliphatic hydroxyl groups excluding tert-OH is 1. The summed E-state index contributed by atoms with van der Waals surface area (Å²) in [4.78, 5) is 14.9. The Bertz CT molecular complexity index is 670. The molecule has 1 aromatic heterocycles. The van der Waals surface area contributed by atoms with Crippen LogP contribution >= 0.6 is 34.5 Å². The van der Waals surface area contributed by atoms with E-state index in [1.54, 1.807) is 11.0 Å². The molecule has 0 aliphatic carbocycles. The summed E-state index contributed by atoms with van der Waals surface area (Å²) in [5.74, 6) is -0.0936. The Kier molecular flexibility index (Phi) is 3.91. The minimum absolute atomic E-state index is 0.0000816. The van der Waals surface area contributed by atoms with Gasteiger partial charge in [-0.15, -0.1) is 11.3 Å². The molecule has 1 saturated heterocycles. The molecule has 3 nitrogen and oxygen atoms in total. The first-order chi connectivity index (χ1) is 9.61. The van der Waals surface area contributed by atoms with Crippen LogP contribution in [0.4, 0.5) is 0 Å². The monoisotopic (exact) mass is 329 g/mol. The summed E-state index contributed by atoms with van der Waals surface area (Å²) in [6, 6.07) is 5.33. The molecule has 6 heteroatoms. The van der Waals surface area contributed by atoms with Gasteiger partial charge in [-0.2, -0.15) is 0 Å². The highest BCUT2D eigenvalue weighted by Gasteiger charge is 2.31. The van der Waals surface area contributed by atoms with Gasteiger partial charge in [-0.3, -0.25) is 4.79 Å². The van der Waals surface area contributed by atoms with Crippen LogP contribution in [0, 0.1) is 0 Å². The van der Waals surface area contributed by atoms with Gasteiger partial charge in [0.25, 0.3) is 5.91 Å². The molecule has 1 amide bonds. The molecule has 0 radical (unpaired) electrons. The molecule has 2 aromatic rings. The first kappa shape index (κ1) is 14.1. The van der Waals surface area contributed by atoms with Crippen molar-refractivity contribution in [1.82, 2.24) is 4.90 Å². The van der Waals surface area contributed by atoms with Crippen molar-refractivity contribution in [3.63, 3.8) is 0 Å². The Morgan fingerprint density at radius 1 is 1.45 bits per heavy atom. The smallest absolute Gasteiger partial charge is 0.265 e. The lowest BCUT2D eigenvalue weighted by molar-refractivity contribution is 0.0682. The van der Waals surface area contributed by atoms with Gasteiger partial charge in [-0.05, 0) is 25.0 Å². The van der Waals surface area contributed by atoms with E-state index in [9.17, 15) is 9.90 Å². The summed E-state index contributed by atoms with van der Waals surface area (Å²) in [6.07, 6.45) is 1.77. The second kappa shape index (κ2) is 5.53. The van der Waals surface area contributed by atoms with Gasteiger partial charge >= 0.3 is 0 Å². The van der Waals surface area contributed by atoms with E-state index in [0.717, 1.165) is 22.9 Å². The van der Waals surface area contributed by atoms with Crippen molar-refractivity contribution in [2.45, 2.75) is 18.9 Å². The second-order valence-corrected chi connectivity index (χ2v) is 6.73. The maximum atomic E-state index is 12.6. The third kappa shape index (κ3) is 2.31. The van der Waals surface area contributed by atoms with Gasteiger partial charge in [0.2, 0.25) is 0 Å². The van der Waals surface area contributed by atoms with E-state index in [-0.39, 0.29) is 18.6 Å². The highest BCUT2D eigenvalue weighted by molar-refractivity contribution is 7.21. The van der Waals surface area contributed by atoms with Crippen LogP contribution < -0.4 is 0 Å². The summed E-state index contributed by atoms with van der Waals surface area (Å²) in [7, 11) is 0. The zero-order valence-corrected chi connectivity index (χ0v) is 12.9. The highest BCUT2D eigenvalue weighted by atomic mass is 35.5. The lowest BCUT2D eigenvalue weighted by atomic mass is 10.2.